The van der Waals surface area contributed by atoms with Gasteiger partial charge in [-0.1, -0.05) is 78.3 Å². The standard InChI is InChI=1S/C36H33ClN4O2.HI/c1-41(2,3)24-29-19-18-28-23-40(34-16-10-7-13-26(34)22-39(28)29)36(43)32-20-17-27(21-33(32)37)38-35(42)31-15-9-8-14-30(31)25-11-5-4-6-12-25;/h4-21H,22-24H2,1-3H3;1H. The molecule has 44 heavy (non-hydrogen) atoms. The summed E-state index contributed by atoms with van der Waals surface area (Å²) in [5.41, 5.74) is 7.51. The van der Waals surface area contributed by atoms with Gasteiger partial charge in [-0.15, -0.1) is 0 Å². The number of quaternary nitrogens is 1. The van der Waals surface area contributed by atoms with Gasteiger partial charge in [-0.2, -0.15) is 0 Å². The maximum atomic E-state index is 14.1. The summed E-state index contributed by atoms with van der Waals surface area (Å²) < 4.78 is 3.13. The van der Waals surface area contributed by atoms with Crippen molar-refractivity contribution in [3.05, 3.63) is 142 Å². The van der Waals surface area contributed by atoms with E-state index >= 15 is 0 Å². The number of hydrogen-bond donors (Lipinski definition) is 1. The predicted octanol–water partition coefficient (Wildman–Crippen LogP) is 4.48. The summed E-state index contributed by atoms with van der Waals surface area (Å²) in [4.78, 5) is 29.2. The topological polar surface area (TPSA) is 54.3 Å². The summed E-state index contributed by atoms with van der Waals surface area (Å²) >= 11 is 6.74. The van der Waals surface area contributed by atoms with Gasteiger partial charge in [0.2, 0.25) is 0 Å². The number of halogens is 2. The van der Waals surface area contributed by atoms with Crippen LogP contribution in [0, 0.1) is 0 Å². The lowest BCUT2D eigenvalue weighted by molar-refractivity contribution is -0.884. The number of carbonyl (C=O) groups is 2. The number of nitrogens with one attached hydrogen (secondary N) is 1. The molecule has 0 aliphatic carbocycles. The number of hydrogen-bond acceptors (Lipinski definition) is 2. The van der Waals surface area contributed by atoms with Crippen LogP contribution >= 0.6 is 11.6 Å². The van der Waals surface area contributed by atoms with Crippen molar-refractivity contribution in [2.24, 2.45) is 0 Å². The van der Waals surface area contributed by atoms with E-state index in [2.05, 4.69) is 49.2 Å². The van der Waals surface area contributed by atoms with E-state index in [1.807, 2.05) is 66.7 Å². The van der Waals surface area contributed by atoms with Gasteiger partial charge in [-0.25, -0.2) is 0 Å². The molecule has 2 heterocycles. The first kappa shape index (κ1) is 31.5. The third-order valence-corrected chi connectivity index (χ3v) is 8.00. The lowest BCUT2D eigenvalue weighted by Crippen LogP contribution is -3.00. The fourth-order valence-corrected chi connectivity index (χ4v) is 5.95. The smallest absolute Gasteiger partial charge is 0.260 e. The third-order valence-electron chi connectivity index (χ3n) is 7.69. The van der Waals surface area contributed by atoms with Gasteiger partial charge in [0, 0.05) is 29.2 Å². The van der Waals surface area contributed by atoms with E-state index in [-0.39, 0.29) is 40.8 Å². The van der Waals surface area contributed by atoms with Crippen molar-refractivity contribution in [3.8, 4) is 11.1 Å². The number of rotatable bonds is 6. The zero-order valence-electron chi connectivity index (χ0n) is 24.9. The molecule has 5 aromatic rings. The summed E-state index contributed by atoms with van der Waals surface area (Å²) in [5, 5.41) is 3.24. The van der Waals surface area contributed by atoms with E-state index < -0.39 is 0 Å². The Labute approximate surface area is 280 Å². The Balaban J connectivity index is 0.00000384. The molecule has 6 nitrogen and oxygen atoms in total. The quantitative estimate of drug-likeness (QED) is 0.208. The molecule has 0 radical (unpaired) electrons. The molecule has 1 aliphatic heterocycles. The number of anilines is 2. The minimum atomic E-state index is -0.249. The van der Waals surface area contributed by atoms with Gasteiger partial charge in [0.1, 0.15) is 6.54 Å². The highest BCUT2D eigenvalue weighted by atomic mass is 127. The summed E-state index contributed by atoms with van der Waals surface area (Å²) in [5.74, 6) is -0.436. The van der Waals surface area contributed by atoms with Gasteiger partial charge in [0.05, 0.1) is 44.0 Å². The molecule has 0 atom stereocenters. The van der Waals surface area contributed by atoms with Crippen LogP contribution < -0.4 is 34.2 Å². The highest BCUT2D eigenvalue weighted by Gasteiger charge is 2.28. The Kier molecular flexibility index (Phi) is 9.29. The number of carbonyl (C=O) groups excluding carboxylic acids is 2. The first-order valence-electron chi connectivity index (χ1n) is 14.3. The van der Waals surface area contributed by atoms with Crippen molar-refractivity contribution >= 4 is 34.8 Å². The Morgan fingerprint density at radius 1 is 0.795 bits per heavy atom. The lowest BCUT2D eigenvalue weighted by atomic mass is 9.99. The van der Waals surface area contributed by atoms with Crippen molar-refractivity contribution in [2.75, 3.05) is 31.4 Å². The Morgan fingerprint density at radius 2 is 1.50 bits per heavy atom. The lowest BCUT2D eigenvalue weighted by Gasteiger charge is -2.25. The number of aromatic nitrogens is 1. The fraction of sp³-hybridized carbons (Fsp3) is 0.167. The number of para-hydroxylation sites is 1. The van der Waals surface area contributed by atoms with Crippen LogP contribution in [0.3, 0.4) is 0 Å². The number of benzene rings is 4. The normalized spacial score (nSPS) is 12.4. The molecule has 8 heteroatoms. The summed E-state index contributed by atoms with van der Waals surface area (Å²) in [7, 11) is 6.53. The van der Waals surface area contributed by atoms with E-state index in [9.17, 15) is 9.59 Å². The molecule has 1 aliphatic rings. The minimum absolute atomic E-state index is 0. The maximum absolute atomic E-state index is 14.1. The number of fused-ring (bicyclic) bond motifs is 2. The van der Waals surface area contributed by atoms with Gasteiger partial charge >= 0.3 is 0 Å². The van der Waals surface area contributed by atoms with Crippen molar-refractivity contribution < 1.29 is 38.0 Å². The summed E-state index contributed by atoms with van der Waals surface area (Å²) in [6.45, 7) is 2.00. The molecule has 0 bridgehead atoms. The van der Waals surface area contributed by atoms with Crippen LogP contribution in [0.1, 0.15) is 37.7 Å². The van der Waals surface area contributed by atoms with Crippen LogP contribution in [-0.4, -0.2) is 42.0 Å². The maximum Gasteiger partial charge on any atom is 0.260 e. The third kappa shape index (κ3) is 6.60. The molecule has 0 saturated heterocycles. The predicted molar refractivity (Wildman–Crippen MR) is 174 cm³/mol. The molecular formula is C36H34ClIN4O2. The van der Waals surface area contributed by atoms with E-state index in [4.69, 9.17) is 11.6 Å². The van der Waals surface area contributed by atoms with Gasteiger partial charge in [-0.05, 0) is 59.2 Å². The highest BCUT2D eigenvalue weighted by molar-refractivity contribution is 6.35. The second-order valence-corrected chi connectivity index (χ2v) is 12.3. The SMILES string of the molecule is C[N+](C)(C)Cc1ccc2n1Cc1ccccc1N(C(=O)c1ccc(NC(=O)c3ccccc3-c3ccccc3)cc1Cl)C2.[I-]. The van der Waals surface area contributed by atoms with Gasteiger partial charge in [-0.3, -0.25) is 9.59 Å². The van der Waals surface area contributed by atoms with E-state index in [1.54, 1.807) is 29.2 Å². The van der Waals surface area contributed by atoms with Crippen molar-refractivity contribution in [1.82, 2.24) is 4.57 Å². The molecule has 6 rings (SSSR count). The zero-order chi connectivity index (χ0) is 30.1. The summed E-state index contributed by atoms with van der Waals surface area (Å²) in [6, 6.07) is 34.7. The van der Waals surface area contributed by atoms with Crippen LogP contribution in [0.25, 0.3) is 11.1 Å². The van der Waals surface area contributed by atoms with Gasteiger partial charge in [0.15, 0.2) is 0 Å². The Bertz CT molecular complexity index is 1830. The largest absolute Gasteiger partial charge is 1.00 e. The van der Waals surface area contributed by atoms with Crippen LogP contribution in [0.5, 0.6) is 0 Å². The van der Waals surface area contributed by atoms with Crippen LogP contribution in [0.4, 0.5) is 11.4 Å². The molecule has 1 N–H and O–H groups in total. The van der Waals surface area contributed by atoms with Gasteiger partial charge in [0.25, 0.3) is 11.8 Å². The fourth-order valence-electron chi connectivity index (χ4n) is 5.69. The second-order valence-electron chi connectivity index (χ2n) is 11.9. The van der Waals surface area contributed by atoms with E-state index in [0.29, 0.717) is 29.9 Å². The Morgan fingerprint density at radius 3 is 2.25 bits per heavy atom. The van der Waals surface area contributed by atoms with Crippen LogP contribution in [0.2, 0.25) is 5.02 Å². The van der Waals surface area contributed by atoms with E-state index in [1.165, 1.54) is 5.69 Å². The molecule has 0 fully saturated rings. The molecule has 0 spiro atoms. The van der Waals surface area contributed by atoms with E-state index in [0.717, 1.165) is 39.1 Å². The molecule has 0 saturated carbocycles. The van der Waals surface area contributed by atoms with Gasteiger partial charge < -0.3 is 43.2 Å². The molecular weight excluding hydrogens is 683 g/mol. The molecule has 2 amide bonds. The minimum Gasteiger partial charge on any atom is -1.00 e. The van der Waals surface area contributed by atoms with Crippen molar-refractivity contribution in [3.63, 3.8) is 0 Å². The second kappa shape index (κ2) is 13.0. The average Bonchev–Trinajstić information content (AvgIpc) is 3.25. The zero-order valence-corrected chi connectivity index (χ0v) is 27.8. The highest BCUT2D eigenvalue weighted by Crippen LogP contribution is 2.33. The van der Waals surface area contributed by atoms with Crippen LogP contribution in [-0.2, 0) is 19.6 Å². The molecule has 0 unspecified atom stereocenters. The molecule has 224 valence electrons. The average molecular weight is 717 g/mol. The number of nitrogens with zero attached hydrogens (tertiary/aromatic N) is 3. The molecule has 1 aromatic heterocycles. The van der Waals surface area contributed by atoms with Crippen molar-refractivity contribution in [2.45, 2.75) is 19.6 Å². The Hall–Kier alpha value is -3.92. The van der Waals surface area contributed by atoms with Crippen LogP contribution in [0.15, 0.2) is 109 Å². The number of amides is 2. The first-order chi connectivity index (χ1) is 20.7. The monoisotopic (exact) mass is 716 g/mol. The summed E-state index contributed by atoms with van der Waals surface area (Å²) in [6.07, 6.45) is 0. The molecule has 4 aromatic carbocycles. The first-order valence-corrected chi connectivity index (χ1v) is 14.7. The van der Waals surface area contributed by atoms with Crippen molar-refractivity contribution in [1.29, 1.82) is 0 Å².